The summed E-state index contributed by atoms with van der Waals surface area (Å²) < 4.78 is 6.83. The molecule has 1 heterocycles. The monoisotopic (exact) mass is 445 g/mol. The highest BCUT2D eigenvalue weighted by Crippen LogP contribution is 2.29. The van der Waals surface area contributed by atoms with Crippen molar-refractivity contribution in [1.29, 1.82) is 0 Å². The van der Waals surface area contributed by atoms with E-state index >= 15 is 0 Å². The lowest BCUT2D eigenvalue weighted by atomic mass is 10.1. The zero-order valence-electron chi connectivity index (χ0n) is 15.8. The number of nitrogens with zero attached hydrogens (tertiary/aromatic N) is 2. The van der Waals surface area contributed by atoms with Crippen LogP contribution in [0.1, 0.15) is 25.7 Å². The molecule has 2 aromatic carbocycles. The number of hydrogen-bond acceptors (Lipinski definition) is 3. The molecule has 6 nitrogen and oxygen atoms in total. The first-order chi connectivity index (χ1) is 13.5. The molecular formula is C21H24BrN3O3. The molecule has 0 spiro atoms. The summed E-state index contributed by atoms with van der Waals surface area (Å²) in [5.74, 6) is 0.844. The van der Waals surface area contributed by atoms with Gasteiger partial charge in [-0.1, -0.05) is 28.8 Å². The summed E-state index contributed by atoms with van der Waals surface area (Å²) in [6.45, 7) is 1.24. The van der Waals surface area contributed by atoms with Crippen molar-refractivity contribution in [2.24, 2.45) is 0 Å². The van der Waals surface area contributed by atoms with Crippen molar-refractivity contribution in [3.63, 3.8) is 0 Å². The molecule has 0 aliphatic carbocycles. The minimum atomic E-state index is -0.873. The van der Waals surface area contributed by atoms with Gasteiger partial charge in [0.05, 0.1) is 17.8 Å². The summed E-state index contributed by atoms with van der Waals surface area (Å²) in [6, 6.07) is 14.1. The fourth-order valence-electron chi connectivity index (χ4n) is 3.01. The Balaban J connectivity index is 1.44. The summed E-state index contributed by atoms with van der Waals surface area (Å²) in [5, 5.41) is 17.4. The number of halogens is 1. The van der Waals surface area contributed by atoms with E-state index in [2.05, 4.69) is 32.2 Å². The van der Waals surface area contributed by atoms with E-state index in [1.807, 2.05) is 36.4 Å². The largest absolute Gasteiger partial charge is 0.494 e. The van der Waals surface area contributed by atoms with Crippen LogP contribution in [0.15, 0.2) is 46.9 Å². The van der Waals surface area contributed by atoms with Gasteiger partial charge in [0.1, 0.15) is 5.75 Å². The highest BCUT2D eigenvalue weighted by molar-refractivity contribution is 9.10. The van der Waals surface area contributed by atoms with Crippen molar-refractivity contribution < 1.29 is 14.6 Å². The minimum Gasteiger partial charge on any atom is -0.494 e. The summed E-state index contributed by atoms with van der Waals surface area (Å²) in [5.41, 5.74) is 2.98. The Hall–Kier alpha value is -2.54. The van der Waals surface area contributed by atoms with Crippen LogP contribution in [-0.4, -0.2) is 46.5 Å². The van der Waals surface area contributed by atoms with Crippen molar-refractivity contribution in [3.8, 4) is 17.0 Å². The van der Waals surface area contributed by atoms with Gasteiger partial charge in [0.25, 0.3) is 0 Å². The lowest BCUT2D eigenvalue weighted by Crippen LogP contribution is -2.25. The molecule has 0 saturated heterocycles. The number of nitrogens with one attached hydrogen (secondary N) is 1. The number of aromatic nitrogens is 2. The number of rotatable bonds is 9. The van der Waals surface area contributed by atoms with Gasteiger partial charge in [-0.25, -0.2) is 4.79 Å². The van der Waals surface area contributed by atoms with E-state index < -0.39 is 6.09 Å². The number of fused-ring (bicyclic) bond motifs is 1. The first kappa shape index (κ1) is 20.2. The Morgan fingerprint density at radius 1 is 1.14 bits per heavy atom. The normalized spacial score (nSPS) is 10.9. The van der Waals surface area contributed by atoms with Gasteiger partial charge in [-0.15, -0.1) is 0 Å². The first-order valence-electron chi connectivity index (χ1n) is 9.35. The maximum Gasteiger partial charge on any atom is 0.407 e. The fourth-order valence-corrected chi connectivity index (χ4v) is 3.37. The molecule has 0 fully saturated rings. The van der Waals surface area contributed by atoms with Gasteiger partial charge in [0, 0.05) is 29.0 Å². The third kappa shape index (κ3) is 5.25. The molecule has 0 aliphatic rings. The molecule has 0 unspecified atom stereocenters. The molecule has 0 atom stereocenters. The van der Waals surface area contributed by atoms with Crippen molar-refractivity contribution >= 4 is 32.9 Å². The Labute approximate surface area is 172 Å². The summed E-state index contributed by atoms with van der Waals surface area (Å²) in [4.78, 5) is 12.0. The molecule has 0 radical (unpaired) electrons. The lowest BCUT2D eigenvalue weighted by molar-refractivity contribution is 0.155. The quantitative estimate of drug-likeness (QED) is 0.423. The number of hydrogen-bond donors (Lipinski definition) is 2. The Morgan fingerprint density at radius 3 is 2.64 bits per heavy atom. The van der Waals surface area contributed by atoms with Gasteiger partial charge in [0.2, 0.25) is 0 Å². The van der Waals surface area contributed by atoms with Crippen LogP contribution in [0, 0.1) is 0 Å². The van der Waals surface area contributed by atoms with E-state index in [1.54, 1.807) is 7.05 Å². The maximum atomic E-state index is 10.7. The van der Waals surface area contributed by atoms with Crippen molar-refractivity contribution in [2.75, 3.05) is 20.2 Å². The molecule has 0 saturated carbocycles. The van der Waals surface area contributed by atoms with Crippen LogP contribution in [0.5, 0.6) is 5.75 Å². The Bertz CT molecular complexity index is 924. The van der Waals surface area contributed by atoms with Crippen molar-refractivity contribution in [2.45, 2.75) is 25.7 Å². The number of ether oxygens (including phenoxy) is 1. The molecule has 1 amide bonds. The summed E-state index contributed by atoms with van der Waals surface area (Å²) >= 11 is 3.47. The second kappa shape index (κ2) is 9.59. The molecular weight excluding hydrogens is 422 g/mol. The number of carbonyl (C=O) groups is 1. The van der Waals surface area contributed by atoms with Gasteiger partial charge < -0.3 is 14.7 Å². The van der Waals surface area contributed by atoms with E-state index in [1.165, 1.54) is 4.90 Å². The molecule has 1 aromatic heterocycles. The molecule has 0 aliphatic heterocycles. The number of H-pyrrole nitrogens is 1. The third-order valence-corrected chi connectivity index (χ3v) is 5.13. The first-order valence-corrected chi connectivity index (χ1v) is 10.1. The number of amides is 1. The molecule has 28 heavy (non-hydrogen) atoms. The topological polar surface area (TPSA) is 78.5 Å². The fraction of sp³-hybridized carbons (Fsp3) is 0.333. The van der Waals surface area contributed by atoms with Crippen LogP contribution in [0.25, 0.3) is 22.2 Å². The third-order valence-electron chi connectivity index (χ3n) is 4.64. The van der Waals surface area contributed by atoms with Gasteiger partial charge in [-0.2, -0.15) is 5.10 Å². The zero-order valence-corrected chi connectivity index (χ0v) is 17.4. The molecule has 148 valence electrons. The minimum absolute atomic E-state index is 0.580. The van der Waals surface area contributed by atoms with E-state index in [9.17, 15) is 4.79 Å². The summed E-state index contributed by atoms with van der Waals surface area (Å²) in [6.07, 6.45) is 2.99. The molecule has 3 rings (SSSR count). The maximum absolute atomic E-state index is 10.7. The molecule has 2 N–H and O–H groups in total. The van der Waals surface area contributed by atoms with Crippen LogP contribution in [0.4, 0.5) is 4.79 Å². The smallest absolute Gasteiger partial charge is 0.407 e. The van der Waals surface area contributed by atoms with Crippen molar-refractivity contribution in [3.05, 3.63) is 46.9 Å². The Kier molecular flexibility index (Phi) is 6.92. The average molecular weight is 446 g/mol. The molecule has 7 heteroatoms. The standard InChI is InChI=1S/C21H24BrN3O3/c1-25(21(26)27)12-4-2-3-5-13-28-17-9-6-15(7-10-17)20-18-11-8-16(22)14-19(18)23-24-20/h6-11,14H,2-5,12-13H2,1H3,(H,23,24)(H,26,27). The van der Waals surface area contributed by atoms with Crippen LogP contribution in [-0.2, 0) is 0 Å². The summed E-state index contributed by atoms with van der Waals surface area (Å²) in [7, 11) is 1.60. The number of carboxylic acid groups (broad SMARTS) is 1. The molecule has 0 bridgehead atoms. The predicted octanol–water partition coefficient (Wildman–Crippen LogP) is 5.54. The molecule has 3 aromatic rings. The highest BCUT2D eigenvalue weighted by atomic mass is 79.9. The second-order valence-corrected chi connectivity index (χ2v) is 7.67. The van der Waals surface area contributed by atoms with E-state index in [0.717, 1.165) is 58.1 Å². The number of unbranched alkanes of at least 4 members (excludes halogenated alkanes) is 3. The van der Waals surface area contributed by atoms with Gasteiger partial charge in [-0.05, 0) is 55.3 Å². The predicted molar refractivity (Wildman–Crippen MR) is 114 cm³/mol. The number of aromatic amines is 1. The van der Waals surface area contributed by atoms with Crippen LogP contribution >= 0.6 is 15.9 Å². The van der Waals surface area contributed by atoms with Crippen LogP contribution in [0.3, 0.4) is 0 Å². The highest BCUT2D eigenvalue weighted by Gasteiger charge is 2.08. The van der Waals surface area contributed by atoms with E-state index in [4.69, 9.17) is 9.84 Å². The zero-order chi connectivity index (χ0) is 19.9. The van der Waals surface area contributed by atoms with Gasteiger partial charge >= 0.3 is 6.09 Å². The lowest BCUT2D eigenvalue weighted by Gasteiger charge is -2.12. The SMILES string of the molecule is CN(CCCCCCOc1ccc(-c2n[nH]c3cc(Br)ccc23)cc1)C(=O)O. The van der Waals surface area contributed by atoms with Crippen molar-refractivity contribution in [1.82, 2.24) is 15.1 Å². The van der Waals surface area contributed by atoms with E-state index in [0.29, 0.717) is 13.2 Å². The van der Waals surface area contributed by atoms with Gasteiger partial charge in [-0.3, -0.25) is 5.10 Å². The second-order valence-electron chi connectivity index (χ2n) is 6.75. The van der Waals surface area contributed by atoms with Gasteiger partial charge in [0.15, 0.2) is 0 Å². The van der Waals surface area contributed by atoms with Crippen LogP contribution < -0.4 is 4.74 Å². The average Bonchev–Trinajstić information content (AvgIpc) is 3.10. The Morgan fingerprint density at radius 2 is 1.89 bits per heavy atom. The van der Waals surface area contributed by atoms with E-state index in [-0.39, 0.29) is 0 Å². The number of benzene rings is 2. The van der Waals surface area contributed by atoms with Crippen LogP contribution in [0.2, 0.25) is 0 Å².